The van der Waals surface area contributed by atoms with Crippen LogP contribution in [0.25, 0.3) is 10.9 Å². The van der Waals surface area contributed by atoms with E-state index in [9.17, 15) is 18.8 Å². The van der Waals surface area contributed by atoms with E-state index in [4.69, 9.17) is 0 Å². The van der Waals surface area contributed by atoms with Crippen LogP contribution in [0.4, 0.5) is 4.39 Å². The van der Waals surface area contributed by atoms with Gasteiger partial charge in [-0.2, -0.15) is 0 Å². The lowest BCUT2D eigenvalue weighted by Gasteiger charge is -2.20. The van der Waals surface area contributed by atoms with E-state index in [1.54, 1.807) is 20.8 Å². The van der Waals surface area contributed by atoms with Crippen LogP contribution in [0, 0.1) is 18.7 Å². The molecule has 7 nitrogen and oxygen atoms in total. The van der Waals surface area contributed by atoms with Crippen LogP contribution in [0.5, 0.6) is 0 Å². The molecule has 0 spiro atoms. The minimum Gasteiger partial charge on any atom is -0.467 e. The van der Waals surface area contributed by atoms with Gasteiger partial charge in [0, 0.05) is 0 Å². The zero-order chi connectivity index (χ0) is 18.7. The molecule has 0 aliphatic heterocycles. The number of fused-ring (bicyclic) bond motifs is 1. The van der Waals surface area contributed by atoms with Gasteiger partial charge in [-0.15, -0.1) is 0 Å². The van der Waals surface area contributed by atoms with Gasteiger partial charge in [-0.1, -0.05) is 13.8 Å². The van der Waals surface area contributed by atoms with Crippen LogP contribution < -0.4 is 10.9 Å². The minimum absolute atomic E-state index is 0.0896. The fourth-order valence-corrected chi connectivity index (χ4v) is 2.48. The van der Waals surface area contributed by atoms with Crippen molar-refractivity contribution in [3.05, 3.63) is 40.2 Å². The van der Waals surface area contributed by atoms with E-state index in [0.717, 1.165) is 10.6 Å². The van der Waals surface area contributed by atoms with E-state index < -0.39 is 29.3 Å². The van der Waals surface area contributed by atoms with Crippen molar-refractivity contribution in [1.29, 1.82) is 0 Å². The van der Waals surface area contributed by atoms with Gasteiger partial charge in [0.25, 0.3) is 5.56 Å². The van der Waals surface area contributed by atoms with Gasteiger partial charge in [0.05, 0.1) is 18.0 Å². The molecule has 25 heavy (non-hydrogen) atoms. The fraction of sp³-hybridized carbons (Fsp3) is 0.412. The van der Waals surface area contributed by atoms with Crippen molar-refractivity contribution in [2.24, 2.45) is 5.92 Å². The highest BCUT2D eigenvalue weighted by molar-refractivity contribution is 5.85. The highest BCUT2D eigenvalue weighted by Gasteiger charge is 2.25. The number of hydrogen-bond acceptors (Lipinski definition) is 5. The Hall–Kier alpha value is -2.77. The maximum Gasteiger partial charge on any atom is 0.328 e. The van der Waals surface area contributed by atoms with Gasteiger partial charge in [0.1, 0.15) is 24.2 Å². The number of hydrogen-bond donors (Lipinski definition) is 1. The van der Waals surface area contributed by atoms with E-state index in [1.807, 2.05) is 0 Å². The van der Waals surface area contributed by atoms with E-state index in [2.05, 4.69) is 15.0 Å². The first-order valence-corrected chi connectivity index (χ1v) is 7.78. The Morgan fingerprint density at radius 2 is 2.04 bits per heavy atom. The molecule has 0 saturated heterocycles. The number of halogens is 1. The fourth-order valence-electron chi connectivity index (χ4n) is 2.48. The lowest BCUT2D eigenvalue weighted by molar-refractivity contribution is -0.146. The van der Waals surface area contributed by atoms with Crippen molar-refractivity contribution in [3.63, 3.8) is 0 Å². The molecule has 0 aliphatic rings. The molecule has 0 aliphatic carbocycles. The first-order valence-electron chi connectivity index (χ1n) is 7.78. The van der Waals surface area contributed by atoms with Crippen LogP contribution in [0.1, 0.15) is 19.7 Å². The zero-order valence-electron chi connectivity index (χ0n) is 14.5. The second-order valence-electron chi connectivity index (χ2n) is 6.02. The predicted octanol–water partition coefficient (Wildman–Crippen LogP) is 1.16. The third-order valence-corrected chi connectivity index (χ3v) is 3.85. The van der Waals surface area contributed by atoms with Gasteiger partial charge >= 0.3 is 5.97 Å². The maximum atomic E-state index is 13.4. The van der Waals surface area contributed by atoms with Crippen molar-refractivity contribution in [2.45, 2.75) is 33.4 Å². The summed E-state index contributed by atoms with van der Waals surface area (Å²) in [5.41, 5.74) is -0.161. The average Bonchev–Trinajstić information content (AvgIpc) is 2.56. The number of carbonyl (C=O) groups is 2. The Kier molecular flexibility index (Phi) is 5.51. The van der Waals surface area contributed by atoms with Crippen LogP contribution in [0.3, 0.4) is 0 Å². The van der Waals surface area contributed by atoms with Gasteiger partial charge in [-0.25, -0.2) is 14.2 Å². The number of carbonyl (C=O) groups excluding carboxylic acids is 2. The Bertz CT molecular complexity index is 876. The minimum atomic E-state index is -0.820. The summed E-state index contributed by atoms with van der Waals surface area (Å²) in [7, 11) is 1.24. The summed E-state index contributed by atoms with van der Waals surface area (Å²) in [5, 5.41) is 2.64. The van der Waals surface area contributed by atoms with Gasteiger partial charge in [0.15, 0.2) is 0 Å². The number of nitrogens with zero attached hydrogens (tertiary/aromatic N) is 2. The molecule has 1 aromatic heterocycles. The van der Waals surface area contributed by atoms with Gasteiger partial charge in [0.2, 0.25) is 5.91 Å². The molecular weight excluding hydrogens is 329 g/mol. The summed E-state index contributed by atoms with van der Waals surface area (Å²) in [6.07, 6.45) is 0. The highest BCUT2D eigenvalue weighted by atomic mass is 19.1. The second-order valence-corrected chi connectivity index (χ2v) is 6.02. The number of nitrogens with one attached hydrogen (secondary N) is 1. The molecule has 1 heterocycles. The largest absolute Gasteiger partial charge is 0.467 e. The summed E-state index contributed by atoms with van der Waals surface area (Å²) in [4.78, 5) is 40.8. The summed E-state index contributed by atoms with van der Waals surface area (Å²) in [6, 6.07) is 2.90. The van der Waals surface area contributed by atoms with Crippen molar-refractivity contribution in [1.82, 2.24) is 14.9 Å². The van der Waals surface area contributed by atoms with Crippen LogP contribution in [-0.2, 0) is 20.9 Å². The molecule has 8 heteroatoms. The molecule has 1 amide bonds. The number of ether oxygens (including phenoxy) is 1. The summed E-state index contributed by atoms with van der Waals surface area (Å²) < 4.78 is 19.2. The van der Waals surface area contributed by atoms with E-state index >= 15 is 0 Å². The molecule has 1 aromatic carbocycles. The number of amides is 1. The molecule has 2 aromatic rings. The number of rotatable bonds is 5. The topological polar surface area (TPSA) is 90.3 Å². The van der Waals surface area contributed by atoms with Crippen molar-refractivity contribution in [2.75, 3.05) is 7.11 Å². The van der Waals surface area contributed by atoms with E-state index in [0.29, 0.717) is 11.3 Å². The average molecular weight is 349 g/mol. The highest BCUT2D eigenvalue weighted by Crippen LogP contribution is 2.10. The summed E-state index contributed by atoms with van der Waals surface area (Å²) in [6.45, 7) is 4.78. The third kappa shape index (κ3) is 4.01. The molecule has 0 fully saturated rings. The van der Waals surface area contributed by atoms with Gasteiger partial charge < -0.3 is 10.1 Å². The number of methoxy groups -OCH3 is 1. The van der Waals surface area contributed by atoms with Crippen LogP contribution >= 0.6 is 0 Å². The van der Waals surface area contributed by atoms with Crippen LogP contribution in [0.15, 0.2) is 23.0 Å². The normalized spacial score (nSPS) is 12.2. The third-order valence-electron chi connectivity index (χ3n) is 3.85. The summed E-state index contributed by atoms with van der Waals surface area (Å²) >= 11 is 0. The molecule has 1 atom stereocenters. The lowest BCUT2D eigenvalue weighted by atomic mass is 10.0. The van der Waals surface area contributed by atoms with E-state index in [-0.39, 0.29) is 17.8 Å². The second kappa shape index (κ2) is 7.42. The quantitative estimate of drug-likeness (QED) is 0.818. The number of esters is 1. The number of benzene rings is 1. The number of aryl methyl sites for hydroxylation is 1. The smallest absolute Gasteiger partial charge is 0.328 e. The molecular formula is C17H20FN3O4. The molecule has 134 valence electrons. The molecule has 0 unspecified atom stereocenters. The van der Waals surface area contributed by atoms with Crippen LogP contribution in [0.2, 0.25) is 0 Å². The maximum absolute atomic E-state index is 13.4. The summed E-state index contributed by atoms with van der Waals surface area (Å²) in [5.74, 6) is -1.52. The monoisotopic (exact) mass is 349 g/mol. The standard InChI is InChI=1S/C17H20FN3O4/c1-9(2)15(17(24)25-4)20-14(22)8-21-10(3)19-13-6-5-11(18)7-12(13)16(21)23/h5-7,9,15H,8H2,1-4H3,(H,20,22)/t15-/m1/s1. The first kappa shape index (κ1) is 18.6. The van der Waals surface area contributed by atoms with E-state index in [1.165, 1.54) is 19.2 Å². The zero-order valence-corrected chi connectivity index (χ0v) is 14.5. The Morgan fingerprint density at radius 1 is 1.36 bits per heavy atom. The molecule has 1 N–H and O–H groups in total. The van der Waals surface area contributed by atoms with Crippen LogP contribution in [-0.4, -0.2) is 34.6 Å². The van der Waals surface area contributed by atoms with Crippen molar-refractivity contribution < 1.29 is 18.7 Å². The SMILES string of the molecule is COC(=O)[C@H](NC(=O)Cn1c(C)nc2ccc(F)cc2c1=O)C(C)C. The lowest BCUT2D eigenvalue weighted by Crippen LogP contribution is -2.47. The van der Waals surface area contributed by atoms with Gasteiger partial charge in [-0.05, 0) is 31.0 Å². The number of aromatic nitrogens is 2. The molecule has 0 radical (unpaired) electrons. The predicted molar refractivity (Wildman–Crippen MR) is 89.5 cm³/mol. The molecule has 0 bridgehead atoms. The Balaban J connectivity index is 2.32. The molecule has 2 rings (SSSR count). The Labute approximate surface area is 143 Å². The van der Waals surface area contributed by atoms with Crippen molar-refractivity contribution in [3.8, 4) is 0 Å². The first-order chi connectivity index (χ1) is 11.7. The Morgan fingerprint density at radius 3 is 2.64 bits per heavy atom. The molecule has 0 saturated carbocycles. The van der Waals surface area contributed by atoms with Gasteiger partial charge in [-0.3, -0.25) is 14.2 Å². The van der Waals surface area contributed by atoms with Crippen molar-refractivity contribution >= 4 is 22.8 Å².